The van der Waals surface area contributed by atoms with Gasteiger partial charge in [-0.15, -0.1) is 0 Å². The second kappa shape index (κ2) is 6.78. The van der Waals surface area contributed by atoms with Crippen molar-refractivity contribution in [2.75, 3.05) is 45.3 Å². The highest BCUT2D eigenvalue weighted by atomic mass is 16.5. The Kier molecular flexibility index (Phi) is 4.81. The fourth-order valence-electron chi connectivity index (χ4n) is 2.32. The Hall–Kier alpha value is -2.50. The number of nitrogens with zero attached hydrogens (tertiary/aromatic N) is 4. The van der Waals surface area contributed by atoms with Crippen LogP contribution < -0.4 is 4.90 Å². The molecule has 0 aromatic heterocycles. The molecule has 1 aliphatic heterocycles. The van der Waals surface area contributed by atoms with Crippen LogP contribution in [0.4, 0.5) is 5.69 Å². The van der Waals surface area contributed by atoms with Gasteiger partial charge in [0, 0.05) is 38.4 Å². The maximum absolute atomic E-state index is 9.23. The zero-order chi connectivity index (χ0) is 15.2. The number of allylic oxidation sites excluding steroid dienone is 1. The molecule has 0 bridgehead atoms. The van der Waals surface area contributed by atoms with Crippen molar-refractivity contribution in [3.05, 3.63) is 35.4 Å². The molecular weight excluding hydrogens is 264 g/mol. The van der Waals surface area contributed by atoms with E-state index in [4.69, 9.17) is 4.74 Å². The molecule has 5 nitrogen and oxygen atoms in total. The molecule has 21 heavy (non-hydrogen) atoms. The van der Waals surface area contributed by atoms with Gasteiger partial charge in [0.05, 0.1) is 18.9 Å². The number of ether oxygens (including phenoxy) is 1. The number of rotatable bonds is 3. The Morgan fingerprint density at radius 3 is 2.14 bits per heavy atom. The Labute approximate surface area is 125 Å². The average Bonchev–Trinajstić information content (AvgIpc) is 2.53. The molecule has 1 heterocycles. The van der Waals surface area contributed by atoms with Crippen LogP contribution in [-0.4, -0.2) is 45.3 Å². The topological polar surface area (TPSA) is 63.3 Å². The van der Waals surface area contributed by atoms with Gasteiger partial charge in [0.15, 0.2) is 5.57 Å². The van der Waals surface area contributed by atoms with Crippen molar-refractivity contribution < 1.29 is 4.74 Å². The standard InChI is InChI=1S/C16H18N4O/c1-19(2)15-5-3-13(4-6-15)16(14(11-17)12-18)20-7-9-21-10-8-20/h3-6H,7-10H2,1-2H3. The average molecular weight is 282 g/mol. The third-order valence-corrected chi connectivity index (χ3v) is 3.44. The summed E-state index contributed by atoms with van der Waals surface area (Å²) in [6.07, 6.45) is 0. The fraction of sp³-hybridized carbons (Fsp3) is 0.375. The summed E-state index contributed by atoms with van der Waals surface area (Å²) in [5.74, 6) is 0. The van der Waals surface area contributed by atoms with E-state index in [0.717, 1.165) is 11.3 Å². The molecule has 1 aliphatic rings. The van der Waals surface area contributed by atoms with Crippen molar-refractivity contribution in [2.24, 2.45) is 0 Å². The van der Waals surface area contributed by atoms with Gasteiger partial charge in [0.1, 0.15) is 12.1 Å². The summed E-state index contributed by atoms with van der Waals surface area (Å²) in [4.78, 5) is 4.06. The normalized spacial score (nSPS) is 14.0. The zero-order valence-corrected chi connectivity index (χ0v) is 12.3. The molecule has 108 valence electrons. The van der Waals surface area contributed by atoms with E-state index in [1.807, 2.05) is 55.4 Å². The van der Waals surface area contributed by atoms with Gasteiger partial charge in [-0.05, 0) is 12.1 Å². The van der Waals surface area contributed by atoms with Crippen molar-refractivity contribution in [1.82, 2.24) is 4.90 Å². The Morgan fingerprint density at radius 1 is 1.10 bits per heavy atom. The number of anilines is 1. The van der Waals surface area contributed by atoms with Crippen molar-refractivity contribution >= 4 is 11.4 Å². The van der Waals surface area contributed by atoms with E-state index in [2.05, 4.69) is 4.90 Å². The van der Waals surface area contributed by atoms with Crippen LogP contribution >= 0.6 is 0 Å². The first-order valence-electron chi connectivity index (χ1n) is 6.82. The molecule has 0 aliphatic carbocycles. The molecule has 0 spiro atoms. The number of hydrogen-bond donors (Lipinski definition) is 0. The zero-order valence-electron chi connectivity index (χ0n) is 12.3. The minimum Gasteiger partial charge on any atom is -0.378 e. The molecule has 5 heteroatoms. The molecule has 0 saturated carbocycles. The Bertz CT molecular complexity index is 583. The maximum atomic E-state index is 9.23. The summed E-state index contributed by atoms with van der Waals surface area (Å²) < 4.78 is 5.35. The molecule has 0 unspecified atom stereocenters. The molecule has 1 aromatic carbocycles. The minimum atomic E-state index is 0.148. The van der Waals surface area contributed by atoms with Gasteiger partial charge in [0.2, 0.25) is 0 Å². The van der Waals surface area contributed by atoms with E-state index in [-0.39, 0.29) is 5.57 Å². The lowest BCUT2D eigenvalue weighted by Gasteiger charge is -2.31. The van der Waals surface area contributed by atoms with E-state index in [1.165, 1.54) is 0 Å². The van der Waals surface area contributed by atoms with Crippen LogP contribution in [0.2, 0.25) is 0 Å². The van der Waals surface area contributed by atoms with Crippen LogP contribution in [0.25, 0.3) is 5.70 Å². The first kappa shape index (κ1) is 14.9. The van der Waals surface area contributed by atoms with Crippen molar-refractivity contribution in [3.63, 3.8) is 0 Å². The van der Waals surface area contributed by atoms with E-state index in [1.54, 1.807) is 0 Å². The maximum Gasteiger partial charge on any atom is 0.153 e. The molecule has 2 rings (SSSR count). The van der Waals surface area contributed by atoms with Gasteiger partial charge in [-0.2, -0.15) is 10.5 Å². The van der Waals surface area contributed by atoms with Crippen LogP contribution in [-0.2, 0) is 4.74 Å². The SMILES string of the molecule is CN(C)c1ccc(C(=C(C#N)C#N)N2CCOCC2)cc1. The molecule has 0 amide bonds. The van der Waals surface area contributed by atoms with E-state index >= 15 is 0 Å². The highest BCUT2D eigenvalue weighted by Crippen LogP contribution is 2.25. The lowest BCUT2D eigenvalue weighted by atomic mass is 10.0. The summed E-state index contributed by atoms with van der Waals surface area (Å²) in [6.45, 7) is 2.61. The first-order chi connectivity index (χ1) is 10.2. The number of hydrogen-bond acceptors (Lipinski definition) is 5. The predicted octanol–water partition coefficient (Wildman–Crippen LogP) is 1.84. The quantitative estimate of drug-likeness (QED) is 0.792. The molecule has 0 atom stereocenters. The monoisotopic (exact) mass is 282 g/mol. The van der Waals surface area contributed by atoms with E-state index in [9.17, 15) is 10.5 Å². The van der Waals surface area contributed by atoms with Crippen LogP contribution in [0.3, 0.4) is 0 Å². The molecule has 1 saturated heterocycles. The van der Waals surface area contributed by atoms with Crippen molar-refractivity contribution in [2.45, 2.75) is 0 Å². The summed E-state index contributed by atoms with van der Waals surface area (Å²) in [5.41, 5.74) is 2.82. The van der Waals surface area contributed by atoms with E-state index in [0.29, 0.717) is 32.0 Å². The summed E-state index contributed by atoms with van der Waals surface area (Å²) >= 11 is 0. The highest BCUT2D eigenvalue weighted by molar-refractivity contribution is 5.75. The Morgan fingerprint density at radius 2 is 1.67 bits per heavy atom. The Balaban J connectivity index is 2.43. The van der Waals surface area contributed by atoms with Crippen LogP contribution in [0.1, 0.15) is 5.56 Å². The molecule has 1 aromatic rings. The summed E-state index contributed by atoms with van der Waals surface area (Å²) in [5, 5.41) is 18.5. The van der Waals surface area contributed by atoms with Gasteiger partial charge in [0.25, 0.3) is 0 Å². The van der Waals surface area contributed by atoms with Crippen molar-refractivity contribution in [1.29, 1.82) is 10.5 Å². The van der Waals surface area contributed by atoms with E-state index < -0.39 is 0 Å². The third-order valence-electron chi connectivity index (χ3n) is 3.44. The minimum absolute atomic E-state index is 0.148. The van der Waals surface area contributed by atoms with Gasteiger partial charge in [-0.25, -0.2) is 0 Å². The molecule has 1 fully saturated rings. The van der Waals surface area contributed by atoms with Crippen LogP contribution in [0, 0.1) is 22.7 Å². The lowest BCUT2D eigenvalue weighted by Crippen LogP contribution is -2.35. The summed E-state index contributed by atoms with van der Waals surface area (Å²) in [6, 6.07) is 11.9. The van der Waals surface area contributed by atoms with Gasteiger partial charge < -0.3 is 14.5 Å². The fourth-order valence-corrected chi connectivity index (χ4v) is 2.32. The largest absolute Gasteiger partial charge is 0.378 e. The number of morpholine rings is 1. The van der Waals surface area contributed by atoms with Crippen LogP contribution in [0.15, 0.2) is 29.8 Å². The second-order valence-electron chi connectivity index (χ2n) is 4.99. The molecule has 0 N–H and O–H groups in total. The number of nitriles is 2. The molecular formula is C16H18N4O. The van der Waals surface area contributed by atoms with Crippen LogP contribution in [0.5, 0.6) is 0 Å². The highest BCUT2D eigenvalue weighted by Gasteiger charge is 2.19. The predicted molar refractivity (Wildman–Crippen MR) is 81.3 cm³/mol. The lowest BCUT2D eigenvalue weighted by molar-refractivity contribution is 0.0638. The second-order valence-corrected chi connectivity index (χ2v) is 4.99. The van der Waals surface area contributed by atoms with Gasteiger partial charge in [-0.3, -0.25) is 0 Å². The van der Waals surface area contributed by atoms with Crippen molar-refractivity contribution in [3.8, 4) is 12.1 Å². The summed E-state index contributed by atoms with van der Waals surface area (Å²) in [7, 11) is 3.95. The first-order valence-corrected chi connectivity index (χ1v) is 6.82. The smallest absolute Gasteiger partial charge is 0.153 e. The van der Waals surface area contributed by atoms with Gasteiger partial charge in [-0.1, -0.05) is 12.1 Å². The number of benzene rings is 1. The molecule has 0 radical (unpaired) electrons. The third kappa shape index (κ3) is 3.34. The van der Waals surface area contributed by atoms with Gasteiger partial charge >= 0.3 is 0 Å².